The van der Waals surface area contributed by atoms with E-state index in [1.54, 1.807) is 12.1 Å². The topological polar surface area (TPSA) is 29.5 Å². The fourth-order valence-electron chi connectivity index (χ4n) is 1.99. The van der Waals surface area contributed by atoms with Gasteiger partial charge in [0.05, 0.1) is 6.61 Å². The quantitative estimate of drug-likeness (QED) is 0.911. The predicted molar refractivity (Wildman–Crippen MR) is 72.6 cm³/mol. The van der Waals surface area contributed by atoms with Gasteiger partial charge < -0.3 is 9.84 Å². The van der Waals surface area contributed by atoms with E-state index in [9.17, 15) is 4.39 Å². The fraction of sp³-hybridized carbons (Fsp3) is 0.250. The Hall–Kier alpha value is -1.87. The third kappa shape index (κ3) is 3.12. The lowest BCUT2D eigenvalue weighted by molar-refractivity contribution is 0.276. The Kier molecular flexibility index (Phi) is 4.17. The van der Waals surface area contributed by atoms with Crippen molar-refractivity contribution in [2.45, 2.75) is 27.1 Å². The maximum atomic E-state index is 13.7. The number of rotatable bonds is 4. The maximum absolute atomic E-state index is 13.7. The van der Waals surface area contributed by atoms with E-state index in [-0.39, 0.29) is 12.4 Å². The van der Waals surface area contributed by atoms with Crippen molar-refractivity contribution in [3.05, 3.63) is 64.5 Å². The molecule has 0 amide bonds. The number of aliphatic hydroxyl groups is 1. The molecular formula is C16H17FO2. The molecule has 0 aromatic heterocycles. The average Bonchev–Trinajstić information content (AvgIpc) is 2.39. The van der Waals surface area contributed by atoms with Crippen LogP contribution in [0.3, 0.4) is 0 Å². The van der Waals surface area contributed by atoms with Gasteiger partial charge in [0, 0.05) is 0 Å². The lowest BCUT2D eigenvalue weighted by Crippen LogP contribution is -2.02. The lowest BCUT2D eigenvalue weighted by Gasteiger charge is -2.12. The molecule has 0 heterocycles. The van der Waals surface area contributed by atoms with Gasteiger partial charge in [0.1, 0.15) is 6.61 Å². The smallest absolute Gasteiger partial charge is 0.165 e. The molecule has 2 aromatic carbocycles. The van der Waals surface area contributed by atoms with Gasteiger partial charge in [0.25, 0.3) is 0 Å². The van der Waals surface area contributed by atoms with E-state index in [0.717, 1.165) is 16.7 Å². The van der Waals surface area contributed by atoms with Crippen LogP contribution in [0.2, 0.25) is 0 Å². The van der Waals surface area contributed by atoms with Crippen molar-refractivity contribution < 1.29 is 14.2 Å². The first kappa shape index (κ1) is 13.6. The molecule has 0 radical (unpaired) electrons. The standard InChI is InChI=1S/C16H17FO2/c1-11-4-3-5-12(2)14(11)10-19-16-7-6-13(9-18)8-15(16)17/h3-8,18H,9-10H2,1-2H3. The van der Waals surface area contributed by atoms with Crippen LogP contribution >= 0.6 is 0 Å². The minimum Gasteiger partial charge on any atom is -0.486 e. The van der Waals surface area contributed by atoms with Gasteiger partial charge >= 0.3 is 0 Å². The van der Waals surface area contributed by atoms with Gasteiger partial charge in [0.15, 0.2) is 11.6 Å². The van der Waals surface area contributed by atoms with Crippen molar-refractivity contribution in [3.63, 3.8) is 0 Å². The van der Waals surface area contributed by atoms with E-state index in [2.05, 4.69) is 0 Å². The third-order valence-electron chi connectivity index (χ3n) is 3.20. The van der Waals surface area contributed by atoms with Crippen LogP contribution in [0.15, 0.2) is 36.4 Å². The molecular weight excluding hydrogens is 243 g/mol. The van der Waals surface area contributed by atoms with Crippen molar-refractivity contribution in [3.8, 4) is 5.75 Å². The number of ether oxygens (including phenoxy) is 1. The monoisotopic (exact) mass is 260 g/mol. The Morgan fingerprint density at radius 2 is 1.79 bits per heavy atom. The van der Waals surface area contributed by atoms with Crippen LogP contribution < -0.4 is 4.74 Å². The second kappa shape index (κ2) is 5.85. The minimum atomic E-state index is -0.446. The summed E-state index contributed by atoms with van der Waals surface area (Å²) in [5.74, 6) is -0.238. The molecule has 2 nitrogen and oxygen atoms in total. The van der Waals surface area contributed by atoms with E-state index in [4.69, 9.17) is 9.84 Å². The van der Waals surface area contributed by atoms with Gasteiger partial charge in [-0.25, -0.2) is 4.39 Å². The molecule has 1 N–H and O–H groups in total. The number of aryl methyl sites for hydroxylation is 2. The van der Waals surface area contributed by atoms with Crippen LogP contribution in [0.4, 0.5) is 4.39 Å². The molecule has 19 heavy (non-hydrogen) atoms. The maximum Gasteiger partial charge on any atom is 0.165 e. The number of hydrogen-bond acceptors (Lipinski definition) is 2. The number of benzene rings is 2. The van der Waals surface area contributed by atoms with Gasteiger partial charge in [-0.05, 0) is 48.2 Å². The summed E-state index contributed by atoms with van der Waals surface area (Å²) < 4.78 is 19.2. The molecule has 3 heteroatoms. The normalized spacial score (nSPS) is 10.5. The number of halogens is 1. The molecule has 0 spiro atoms. The first-order valence-electron chi connectivity index (χ1n) is 6.19. The molecule has 0 aliphatic rings. The first-order chi connectivity index (χ1) is 9.11. The van der Waals surface area contributed by atoms with Crippen molar-refractivity contribution in [1.29, 1.82) is 0 Å². The summed E-state index contributed by atoms with van der Waals surface area (Å²) in [5, 5.41) is 8.93. The van der Waals surface area contributed by atoms with Crippen LogP contribution in [0.1, 0.15) is 22.3 Å². The van der Waals surface area contributed by atoms with Crippen molar-refractivity contribution in [2.24, 2.45) is 0 Å². The van der Waals surface area contributed by atoms with Gasteiger partial charge in [-0.15, -0.1) is 0 Å². The summed E-state index contributed by atoms with van der Waals surface area (Å²) in [4.78, 5) is 0. The number of hydrogen-bond donors (Lipinski definition) is 1. The second-order valence-electron chi connectivity index (χ2n) is 4.58. The minimum absolute atomic E-state index is 0.173. The zero-order valence-corrected chi connectivity index (χ0v) is 11.1. The molecule has 0 aliphatic heterocycles. The highest BCUT2D eigenvalue weighted by Gasteiger charge is 2.07. The highest BCUT2D eigenvalue weighted by Crippen LogP contribution is 2.21. The second-order valence-corrected chi connectivity index (χ2v) is 4.58. The largest absolute Gasteiger partial charge is 0.486 e. The predicted octanol–water partition coefficient (Wildman–Crippen LogP) is 3.51. The van der Waals surface area contributed by atoms with Crippen molar-refractivity contribution in [2.75, 3.05) is 0 Å². The third-order valence-corrected chi connectivity index (χ3v) is 3.20. The summed E-state index contributed by atoms with van der Waals surface area (Å²) in [6, 6.07) is 10.5. The van der Waals surface area contributed by atoms with Crippen molar-refractivity contribution >= 4 is 0 Å². The molecule has 100 valence electrons. The zero-order chi connectivity index (χ0) is 13.8. The zero-order valence-electron chi connectivity index (χ0n) is 11.1. The lowest BCUT2D eigenvalue weighted by atomic mass is 10.0. The van der Waals surface area contributed by atoms with E-state index < -0.39 is 5.82 Å². The van der Waals surface area contributed by atoms with E-state index in [0.29, 0.717) is 12.2 Å². The molecule has 0 bridgehead atoms. The molecule has 0 fully saturated rings. The molecule has 2 rings (SSSR count). The molecule has 0 aliphatic carbocycles. The Bertz CT molecular complexity index is 559. The van der Waals surface area contributed by atoms with Crippen LogP contribution in [0.25, 0.3) is 0 Å². The first-order valence-corrected chi connectivity index (χ1v) is 6.19. The molecule has 0 unspecified atom stereocenters. The molecule has 0 atom stereocenters. The Morgan fingerprint density at radius 1 is 1.11 bits per heavy atom. The van der Waals surface area contributed by atoms with Gasteiger partial charge in [0.2, 0.25) is 0 Å². The van der Waals surface area contributed by atoms with E-state index in [1.807, 2.05) is 32.0 Å². The summed E-state index contributed by atoms with van der Waals surface area (Å²) >= 11 is 0. The Labute approximate surface area is 112 Å². The highest BCUT2D eigenvalue weighted by molar-refractivity contribution is 5.34. The van der Waals surface area contributed by atoms with Gasteiger partial charge in [-0.2, -0.15) is 0 Å². The molecule has 0 saturated heterocycles. The molecule has 2 aromatic rings. The van der Waals surface area contributed by atoms with Gasteiger partial charge in [-0.1, -0.05) is 24.3 Å². The van der Waals surface area contributed by atoms with Crippen molar-refractivity contribution in [1.82, 2.24) is 0 Å². The summed E-state index contributed by atoms with van der Waals surface area (Å²) in [5.41, 5.74) is 3.88. The fourth-order valence-corrected chi connectivity index (χ4v) is 1.99. The summed E-state index contributed by atoms with van der Waals surface area (Å²) in [7, 11) is 0. The van der Waals surface area contributed by atoms with Crippen LogP contribution in [0, 0.1) is 19.7 Å². The van der Waals surface area contributed by atoms with E-state index in [1.165, 1.54) is 6.07 Å². The van der Waals surface area contributed by atoms with Crippen LogP contribution in [-0.4, -0.2) is 5.11 Å². The SMILES string of the molecule is Cc1cccc(C)c1COc1ccc(CO)cc1F. The van der Waals surface area contributed by atoms with Crippen LogP contribution in [-0.2, 0) is 13.2 Å². The average molecular weight is 260 g/mol. The Morgan fingerprint density at radius 3 is 2.37 bits per heavy atom. The van der Waals surface area contributed by atoms with Gasteiger partial charge in [-0.3, -0.25) is 0 Å². The Balaban J connectivity index is 2.15. The number of aliphatic hydroxyl groups excluding tert-OH is 1. The highest BCUT2D eigenvalue weighted by atomic mass is 19.1. The van der Waals surface area contributed by atoms with E-state index >= 15 is 0 Å². The summed E-state index contributed by atoms with van der Waals surface area (Å²) in [6.45, 7) is 4.19. The summed E-state index contributed by atoms with van der Waals surface area (Å²) in [6.07, 6.45) is 0. The van der Waals surface area contributed by atoms with Crippen LogP contribution in [0.5, 0.6) is 5.75 Å². The molecule has 0 saturated carbocycles.